The number of rotatable bonds is 7. The first kappa shape index (κ1) is 20.8. The van der Waals surface area contributed by atoms with Crippen LogP contribution < -0.4 is 4.74 Å². The van der Waals surface area contributed by atoms with Gasteiger partial charge in [0.15, 0.2) is 0 Å². The van der Waals surface area contributed by atoms with Crippen molar-refractivity contribution < 1.29 is 31.9 Å². The zero-order valence-electron chi connectivity index (χ0n) is 15.4. The molecule has 1 aromatic heterocycles. The Morgan fingerprint density at radius 3 is 2.41 bits per heavy atom. The Bertz CT molecular complexity index is 955. The first-order valence-corrected chi connectivity index (χ1v) is 8.86. The van der Waals surface area contributed by atoms with E-state index in [0.717, 1.165) is 17.7 Å². The summed E-state index contributed by atoms with van der Waals surface area (Å²) in [5.41, 5.74) is 0.326. The van der Waals surface area contributed by atoms with Crippen LogP contribution in [-0.2, 0) is 6.18 Å². The van der Waals surface area contributed by atoms with Crippen molar-refractivity contribution in [2.45, 2.75) is 25.6 Å². The number of hydrogen-bond donors (Lipinski definition) is 1. The topological polar surface area (TPSA) is 68.4 Å². The summed E-state index contributed by atoms with van der Waals surface area (Å²) in [4.78, 5) is 4.15. The quantitative estimate of drug-likeness (QED) is 0.543. The summed E-state index contributed by atoms with van der Waals surface area (Å²) in [6.07, 6.45) is -4.71. The SMILES string of the molecule is CCC(O)c1ccc(-c2noc(-c3ccc(OCC[18F])c(C(F)(F)F)c3)n2)cc1. The summed E-state index contributed by atoms with van der Waals surface area (Å²) in [7, 11) is 0. The molecule has 0 bridgehead atoms. The maximum Gasteiger partial charge on any atom is 0.419 e. The van der Waals surface area contributed by atoms with Gasteiger partial charge in [-0.2, -0.15) is 18.2 Å². The van der Waals surface area contributed by atoms with Gasteiger partial charge in [-0.15, -0.1) is 0 Å². The third-order valence-corrected chi connectivity index (χ3v) is 4.23. The van der Waals surface area contributed by atoms with Crippen LogP contribution in [0.15, 0.2) is 47.0 Å². The monoisotopic (exact) mass is 409 g/mol. The van der Waals surface area contributed by atoms with Gasteiger partial charge in [-0.05, 0) is 30.2 Å². The predicted octanol–water partition coefficient (Wildman–Crippen LogP) is 5.21. The lowest BCUT2D eigenvalue weighted by Crippen LogP contribution is -2.10. The second kappa shape index (κ2) is 8.60. The molecule has 3 rings (SSSR count). The number of nitrogens with zero attached hydrogens (tertiary/aromatic N) is 2. The smallest absolute Gasteiger partial charge is 0.419 e. The fourth-order valence-electron chi connectivity index (χ4n) is 2.71. The van der Waals surface area contributed by atoms with Gasteiger partial charge in [0, 0.05) is 11.1 Å². The largest absolute Gasteiger partial charge is 0.490 e. The van der Waals surface area contributed by atoms with E-state index in [2.05, 4.69) is 10.1 Å². The molecule has 0 fully saturated rings. The number of hydrogen-bond acceptors (Lipinski definition) is 5. The van der Waals surface area contributed by atoms with Crippen LogP contribution in [0.2, 0.25) is 0 Å². The van der Waals surface area contributed by atoms with Crippen LogP contribution in [0.25, 0.3) is 22.8 Å². The van der Waals surface area contributed by atoms with Crippen LogP contribution in [0.3, 0.4) is 0 Å². The molecule has 29 heavy (non-hydrogen) atoms. The minimum Gasteiger partial charge on any atom is -0.490 e. The molecule has 1 unspecified atom stereocenters. The van der Waals surface area contributed by atoms with Gasteiger partial charge in [-0.25, -0.2) is 4.39 Å². The normalized spacial score (nSPS) is 12.8. The Kier molecular flexibility index (Phi) is 6.17. The minimum absolute atomic E-state index is 0.0571. The molecule has 0 aliphatic heterocycles. The molecule has 1 atom stereocenters. The zero-order chi connectivity index (χ0) is 21.0. The molecular weight excluding hydrogens is 391 g/mol. The highest BCUT2D eigenvalue weighted by Gasteiger charge is 2.35. The molecule has 1 heterocycles. The molecule has 5 nitrogen and oxygen atoms in total. The molecule has 2 aromatic carbocycles. The molecule has 0 radical (unpaired) electrons. The maximum absolute atomic E-state index is 13.3. The van der Waals surface area contributed by atoms with E-state index in [9.17, 15) is 22.7 Å². The lowest BCUT2D eigenvalue weighted by atomic mass is 10.1. The molecule has 0 saturated heterocycles. The highest BCUT2D eigenvalue weighted by molar-refractivity contribution is 5.62. The second-order valence-corrected chi connectivity index (χ2v) is 6.22. The van der Waals surface area contributed by atoms with Crippen LogP contribution in [0.4, 0.5) is 17.6 Å². The Hall–Kier alpha value is -2.94. The van der Waals surface area contributed by atoms with Crippen molar-refractivity contribution in [2.24, 2.45) is 0 Å². The first-order valence-electron chi connectivity index (χ1n) is 8.86. The number of aliphatic hydroxyl groups excluding tert-OH is 1. The Morgan fingerprint density at radius 1 is 1.10 bits per heavy atom. The molecule has 0 saturated carbocycles. The predicted molar refractivity (Wildman–Crippen MR) is 96.9 cm³/mol. The molecule has 0 amide bonds. The van der Waals surface area contributed by atoms with Gasteiger partial charge in [-0.3, -0.25) is 0 Å². The van der Waals surface area contributed by atoms with Crippen molar-refractivity contribution in [1.82, 2.24) is 10.1 Å². The number of alkyl halides is 4. The van der Waals surface area contributed by atoms with E-state index in [0.29, 0.717) is 12.0 Å². The van der Waals surface area contributed by atoms with Crippen LogP contribution >= 0.6 is 0 Å². The lowest BCUT2D eigenvalue weighted by molar-refractivity contribution is -0.138. The average molecular weight is 409 g/mol. The fourth-order valence-corrected chi connectivity index (χ4v) is 2.71. The van der Waals surface area contributed by atoms with Crippen molar-refractivity contribution in [2.75, 3.05) is 13.3 Å². The van der Waals surface area contributed by atoms with E-state index < -0.39 is 36.9 Å². The summed E-state index contributed by atoms with van der Waals surface area (Å²) in [5, 5.41) is 13.6. The standard InChI is InChI=1S/C20H18F4N2O3/c1-2-16(27)12-3-5-13(6-4-12)18-25-19(29-26-18)14-7-8-17(28-10-9-21)15(11-14)20(22,23)24/h3-8,11,16,27H,2,9-10H2,1H3/i21-1. The zero-order valence-corrected chi connectivity index (χ0v) is 15.4. The first-order chi connectivity index (χ1) is 13.8. The third-order valence-electron chi connectivity index (χ3n) is 4.23. The van der Waals surface area contributed by atoms with E-state index >= 15 is 0 Å². The van der Waals surface area contributed by atoms with E-state index in [1.165, 1.54) is 6.07 Å². The van der Waals surface area contributed by atoms with Crippen molar-refractivity contribution in [3.63, 3.8) is 0 Å². The average Bonchev–Trinajstić information content (AvgIpc) is 3.21. The minimum atomic E-state index is -4.69. The molecule has 1 N–H and O–H groups in total. The van der Waals surface area contributed by atoms with Gasteiger partial charge in [0.25, 0.3) is 5.89 Å². The van der Waals surface area contributed by atoms with Crippen molar-refractivity contribution in [1.29, 1.82) is 0 Å². The van der Waals surface area contributed by atoms with Crippen molar-refractivity contribution >= 4 is 0 Å². The molecule has 9 heteroatoms. The summed E-state index contributed by atoms with van der Waals surface area (Å²) in [5.74, 6) is -0.368. The lowest BCUT2D eigenvalue weighted by Gasteiger charge is -2.13. The highest BCUT2D eigenvalue weighted by Crippen LogP contribution is 2.38. The van der Waals surface area contributed by atoms with Gasteiger partial charge in [0.2, 0.25) is 5.82 Å². The molecule has 154 valence electrons. The molecule has 0 spiro atoms. The van der Waals surface area contributed by atoms with Crippen LogP contribution in [0, 0.1) is 0 Å². The van der Waals surface area contributed by atoms with Gasteiger partial charge < -0.3 is 14.4 Å². The fraction of sp³-hybridized carbons (Fsp3) is 0.300. The summed E-state index contributed by atoms with van der Waals surface area (Å²) in [6.45, 7) is 0.475. The van der Waals surface area contributed by atoms with E-state index in [-0.39, 0.29) is 17.3 Å². The Labute approximate surface area is 163 Å². The summed E-state index contributed by atoms with van der Waals surface area (Å²) in [6, 6.07) is 10.1. The van der Waals surface area contributed by atoms with Crippen LogP contribution in [0.1, 0.15) is 30.6 Å². The van der Waals surface area contributed by atoms with Crippen molar-refractivity contribution in [3.05, 3.63) is 53.6 Å². The van der Waals surface area contributed by atoms with Gasteiger partial charge in [-0.1, -0.05) is 36.3 Å². The molecule has 3 aromatic rings. The number of ether oxygens (including phenoxy) is 1. The maximum atomic E-state index is 13.3. The Morgan fingerprint density at radius 2 is 1.79 bits per heavy atom. The van der Waals surface area contributed by atoms with Gasteiger partial charge in [0.1, 0.15) is 19.0 Å². The van der Waals surface area contributed by atoms with E-state index in [1.807, 2.05) is 6.92 Å². The summed E-state index contributed by atoms with van der Waals surface area (Å²) >= 11 is 0. The second-order valence-electron chi connectivity index (χ2n) is 6.22. The third kappa shape index (κ3) is 4.73. The van der Waals surface area contributed by atoms with E-state index in [4.69, 9.17) is 9.26 Å². The summed E-state index contributed by atoms with van der Waals surface area (Å²) < 4.78 is 62.1. The van der Waals surface area contributed by atoms with Crippen LogP contribution in [-0.4, -0.2) is 28.5 Å². The van der Waals surface area contributed by atoms with Crippen molar-refractivity contribution in [3.8, 4) is 28.6 Å². The highest BCUT2D eigenvalue weighted by atomic mass is 19.4. The van der Waals surface area contributed by atoms with Gasteiger partial charge >= 0.3 is 6.18 Å². The number of benzene rings is 2. The number of halogens is 4. The Balaban J connectivity index is 1.90. The van der Waals surface area contributed by atoms with Gasteiger partial charge in [0.05, 0.1) is 11.7 Å². The van der Waals surface area contributed by atoms with Crippen LogP contribution in [0.5, 0.6) is 5.75 Å². The molecule has 0 aliphatic carbocycles. The van der Waals surface area contributed by atoms with E-state index in [1.54, 1.807) is 24.3 Å². The molecule has 0 aliphatic rings. The number of aliphatic hydroxyl groups is 1. The molecular formula is C20H18F4N2O3. The number of aromatic nitrogens is 2.